The number of phenols is 2. The Bertz CT molecular complexity index is 756. The first-order valence-electron chi connectivity index (χ1n) is 9.59. The average molecular weight is 386 g/mol. The molecule has 0 spiro atoms. The summed E-state index contributed by atoms with van der Waals surface area (Å²) < 4.78 is 11.1. The van der Waals surface area contributed by atoms with Crippen molar-refractivity contribution in [2.45, 2.75) is 50.5 Å². The minimum Gasteiger partial charge on any atom is -0.508 e. The Kier molecular flexibility index (Phi) is 6.58. The van der Waals surface area contributed by atoms with E-state index in [2.05, 4.69) is 6.92 Å². The first kappa shape index (κ1) is 19.9. The first-order chi connectivity index (χ1) is 13.0. The molecule has 27 heavy (non-hydrogen) atoms. The lowest BCUT2D eigenvalue weighted by Gasteiger charge is -2.22. The van der Waals surface area contributed by atoms with Gasteiger partial charge in [0.25, 0.3) is 0 Å². The summed E-state index contributed by atoms with van der Waals surface area (Å²) in [5.41, 5.74) is 5.39. The highest BCUT2D eigenvalue weighted by Gasteiger charge is 2.26. The zero-order valence-electron chi connectivity index (χ0n) is 16.4. The molecule has 0 amide bonds. The summed E-state index contributed by atoms with van der Waals surface area (Å²) in [4.78, 5) is 0. The molecule has 2 atom stereocenters. The molecule has 0 saturated heterocycles. The highest BCUT2D eigenvalue weighted by molar-refractivity contribution is 6.46. The minimum atomic E-state index is -1.33. The molecule has 0 fully saturated rings. The van der Waals surface area contributed by atoms with Crippen molar-refractivity contribution in [3.63, 3.8) is 0 Å². The number of phenolic OH excluding ortho intramolecular Hbond substituents is 2. The molecule has 4 nitrogen and oxygen atoms in total. The van der Waals surface area contributed by atoms with Crippen molar-refractivity contribution in [3.05, 3.63) is 58.7 Å². The molecule has 0 heterocycles. The van der Waals surface area contributed by atoms with Crippen molar-refractivity contribution in [3.8, 4) is 11.5 Å². The highest BCUT2D eigenvalue weighted by atomic mass is 28.3. The number of hydrogen-bond acceptors (Lipinski definition) is 4. The van der Waals surface area contributed by atoms with Gasteiger partial charge in [-0.1, -0.05) is 19.1 Å². The van der Waals surface area contributed by atoms with E-state index in [9.17, 15) is 10.2 Å². The Balaban J connectivity index is 1.91. The smallest absolute Gasteiger partial charge is 0.387 e. The number of benzene rings is 2. The maximum absolute atomic E-state index is 10.3. The maximum atomic E-state index is 10.3. The molecule has 2 aromatic rings. The van der Waals surface area contributed by atoms with Gasteiger partial charge in [0.1, 0.15) is 11.5 Å². The zero-order chi connectivity index (χ0) is 19.4. The van der Waals surface area contributed by atoms with Crippen LogP contribution >= 0.6 is 0 Å². The SMILES string of the molecule is CO[Si](OC)C(C)Cc1cc(O)cc2c1CC(c1ccc(O)cc1)CCC2. The molecule has 2 unspecified atom stereocenters. The van der Waals surface area contributed by atoms with E-state index in [1.54, 1.807) is 26.4 Å². The van der Waals surface area contributed by atoms with Gasteiger partial charge in [-0.2, -0.15) is 0 Å². The van der Waals surface area contributed by atoms with E-state index < -0.39 is 9.28 Å². The predicted molar refractivity (Wildman–Crippen MR) is 108 cm³/mol. The molecule has 0 bridgehead atoms. The molecule has 1 aliphatic carbocycles. The Labute approximate surface area is 163 Å². The molecule has 3 rings (SSSR count). The maximum Gasteiger partial charge on any atom is 0.387 e. The van der Waals surface area contributed by atoms with E-state index in [1.807, 2.05) is 24.3 Å². The average Bonchev–Trinajstić information content (AvgIpc) is 2.86. The molecule has 1 aliphatic rings. The van der Waals surface area contributed by atoms with Gasteiger partial charge in [-0.25, -0.2) is 0 Å². The summed E-state index contributed by atoms with van der Waals surface area (Å²) in [6.45, 7) is 2.16. The van der Waals surface area contributed by atoms with Crippen molar-refractivity contribution < 1.29 is 19.1 Å². The van der Waals surface area contributed by atoms with Crippen LogP contribution in [0.4, 0.5) is 0 Å². The van der Waals surface area contributed by atoms with Gasteiger partial charge >= 0.3 is 9.28 Å². The van der Waals surface area contributed by atoms with E-state index >= 15 is 0 Å². The molecular formula is C22H29O4Si. The van der Waals surface area contributed by atoms with Gasteiger partial charge in [0, 0.05) is 19.8 Å². The minimum absolute atomic E-state index is 0.284. The molecule has 0 aromatic heterocycles. The highest BCUT2D eigenvalue weighted by Crippen LogP contribution is 2.37. The fourth-order valence-electron chi connectivity index (χ4n) is 4.26. The first-order valence-corrected chi connectivity index (χ1v) is 11.0. The Hall–Kier alpha value is -1.82. The van der Waals surface area contributed by atoms with Crippen LogP contribution in [0, 0.1) is 0 Å². The molecule has 5 heteroatoms. The van der Waals surface area contributed by atoms with Crippen LogP contribution in [0.15, 0.2) is 36.4 Å². The Morgan fingerprint density at radius 1 is 1.07 bits per heavy atom. The monoisotopic (exact) mass is 385 g/mol. The quantitative estimate of drug-likeness (QED) is 0.569. The Morgan fingerprint density at radius 2 is 1.78 bits per heavy atom. The zero-order valence-corrected chi connectivity index (χ0v) is 17.4. The molecular weight excluding hydrogens is 356 g/mol. The van der Waals surface area contributed by atoms with E-state index in [-0.39, 0.29) is 5.54 Å². The van der Waals surface area contributed by atoms with Crippen LogP contribution < -0.4 is 0 Å². The summed E-state index contributed by atoms with van der Waals surface area (Å²) in [6.07, 6.45) is 5.01. The summed E-state index contributed by atoms with van der Waals surface area (Å²) >= 11 is 0. The van der Waals surface area contributed by atoms with Gasteiger partial charge in [-0.05, 0) is 84.5 Å². The summed E-state index contributed by atoms with van der Waals surface area (Å²) in [5.74, 6) is 1.09. The van der Waals surface area contributed by atoms with Crippen molar-refractivity contribution in [1.29, 1.82) is 0 Å². The van der Waals surface area contributed by atoms with Gasteiger partial charge < -0.3 is 19.1 Å². The summed E-state index contributed by atoms with van der Waals surface area (Å²) in [7, 11) is 2.09. The van der Waals surface area contributed by atoms with Crippen LogP contribution in [0.3, 0.4) is 0 Å². The normalized spacial score (nSPS) is 18.1. The molecule has 2 N–H and O–H groups in total. The van der Waals surface area contributed by atoms with Crippen LogP contribution in [0.1, 0.15) is 47.9 Å². The number of hydrogen-bond donors (Lipinski definition) is 2. The van der Waals surface area contributed by atoms with Gasteiger partial charge in [0.05, 0.1) is 0 Å². The number of fused-ring (bicyclic) bond motifs is 1. The van der Waals surface area contributed by atoms with Crippen molar-refractivity contribution in [1.82, 2.24) is 0 Å². The number of aryl methyl sites for hydroxylation is 1. The third-order valence-corrected chi connectivity index (χ3v) is 7.38. The molecule has 0 aliphatic heterocycles. The molecule has 1 radical (unpaired) electrons. The van der Waals surface area contributed by atoms with E-state index in [0.717, 1.165) is 32.1 Å². The van der Waals surface area contributed by atoms with Crippen LogP contribution in [0.5, 0.6) is 11.5 Å². The van der Waals surface area contributed by atoms with Crippen molar-refractivity contribution >= 4 is 9.28 Å². The van der Waals surface area contributed by atoms with Crippen molar-refractivity contribution in [2.75, 3.05) is 14.2 Å². The lowest BCUT2D eigenvalue weighted by atomic mass is 9.87. The predicted octanol–water partition coefficient (Wildman–Crippen LogP) is 4.47. The van der Waals surface area contributed by atoms with Crippen LogP contribution in [0.25, 0.3) is 0 Å². The number of rotatable bonds is 6. The summed E-state index contributed by atoms with van der Waals surface area (Å²) in [5, 5.41) is 19.9. The fourth-order valence-corrected chi connectivity index (χ4v) is 5.62. The van der Waals surface area contributed by atoms with Gasteiger partial charge in [-0.15, -0.1) is 0 Å². The lowest BCUT2D eigenvalue weighted by Crippen LogP contribution is -2.26. The Morgan fingerprint density at radius 3 is 2.44 bits per heavy atom. The van der Waals surface area contributed by atoms with Crippen molar-refractivity contribution in [2.24, 2.45) is 0 Å². The van der Waals surface area contributed by atoms with E-state index in [0.29, 0.717) is 17.4 Å². The van der Waals surface area contributed by atoms with E-state index in [4.69, 9.17) is 8.85 Å². The second-order valence-electron chi connectivity index (χ2n) is 7.46. The molecule has 2 aromatic carbocycles. The molecule has 0 saturated carbocycles. The van der Waals surface area contributed by atoms with Gasteiger partial charge in [0.2, 0.25) is 0 Å². The topological polar surface area (TPSA) is 58.9 Å². The van der Waals surface area contributed by atoms with Crippen LogP contribution in [0.2, 0.25) is 5.54 Å². The van der Waals surface area contributed by atoms with Gasteiger partial charge in [0.15, 0.2) is 0 Å². The second kappa shape index (κ2) is 8.91. The van der Waals surface area contributed by atoms with E-state index in [1.165, 1.54) is 22.3 Å². The van der Waals surface area contributed by atoms with Crippen LogP contribution in [-0.4, -0.2) is 33.7 Å². The number of aromatic hydroxyl groups is 2. The largest absolute Gasteiger partial charge is 0.508 e. The third-order valence-electron chi connectivity index (χ3n) is 5.56. The van der Waals surface area contributed by atoms with Gasteiger partial charge in [-0.3, -0.25) is 0 Å². The fraction of sp³-hybridized carbons (Fsp3) is 0.455. The van der Waals surface area contributed by atoms with Crippen LogP contribution in [-0.2, 0) is 28.1 Å². The lowest BCUT2D eigenvalue weighted by molar-refractivity contribution is 0.266. The summed E-state index contributed by atoms with van der Waals surface area (Å²) in [6, 6.07) is 11.5. The standard InChI is InChI=1S/C22H29O4Si/c1-15(27(25-2)26-3)11-19-13-21(24)12-18-6-4-5-17(14-22(18)19)16-7-9-20(23)10-8-16/h7-10,12-13,15,17,23-24H,4-6,11,14H2,1-3H3. The third kappa shape index (κ3) is 4.72. The molecule has 145 valence electrons. The second-order valence-corrected chi connectivity index (χ2v) is 9.90.